The molecule has 1 aliphatic heterocycles. The maximum atomic E-state index is 13.8. The number of hydrogen-bond acceptors (Lipinski definition) is 4. The van der Waals surface area contributed by atoms with Crippen molar-refractivity contribution < 1.29 is 39.6 Å². The number of carbonyl (C=O) groups is 1. The molecule has 0 aromatic heterocycles. The number of piperidine rings is 1. The highest BCUT2D eigenvalue weighted by Gasteiger charge is 2.50. The van der Waals surface area contributed by atoms with Crippen LogP contribution in [0.3, 0.4) is 0 Å². The van der Waals surface area contributed by atoms with Crippen LogP contribution in [0.1, 0.15) is 73.3 Å². The number of carbonyl (C=O) groups excluding carboxylic acids is 1. The summed E-state index contributed by atoms with van der Waals surface area (Å²) >= 11 is 0. The van der Waals surface area contributed by atoms with Crippen molar-refractivity contribution in [2.75, 3.05) is 25.9 Å². The van der Waals surface area contributed by atoms with Gasteiger partial charge in [-0.05, 0) is 85.9 Å². The minimum atomic E-state index is -4.99. The first-order chi connectivity index (χ1) is 21.4. The number of hydrogen-bond donors (Lipinski definition) is 2. The molecule has 1 amide bonds. The van der Waals surface area contributed by atoms with Gasteiger partial charge in [-0.3, -0.25) is 9.69 Å². The lowest BCUT2D eigenvalue weighted by atomic mass is 9.67. The molecule has 0 radical (unpaired) electrons. The summed E-state index contributed by atoms with van der Waals surface area (Å²) < 4.78 is 106. The fraction of sp³-hybridized carbons (Fsp3) is 0.545. The number of allylic oxidation sites excluding steroid dienone is 1. The summed E-state index contributed by atoms with van der Waals surface area (Å²) in [4.78, 5) is 16.2. The number of amides is 1. The van der Waals surface area contributed by atoms with Crippen LogP contribution < -0.4 is 10.0 Å². The molecule has 2 fully saturated rings. The first-order valence-corrected chi connectivity index (χ1v) is 17.4. The molecule has 1 heterocycles. The van der Waals surface area contributed by atoms with Crippen LogP contribution in [-0.2, 0) is 39.1 Å². The lowest BCUT2D eigenvalue weighted by Crippen LogP contribution is -2.51. The van der Waals surface area contributed by atoms with Crippen molar-refractivity contribution in [1.29, 1.82) is 0 Å². The van der Waals surface area contributed by atoms with Gasteiger partial charge < -0.3 is 5.32 Å². The minimum absolute atomic E-state index is 0.0550. The van der Waals surface area contributed by atoms with Crippen LogP contribution in [0.25, 0.3) is 6.08 Å². The van der Waals surface area contributed by atoms with E-state index in [1.54, 1.807) is 0 Å². The van der Waals surface area contributed by atoms with E-state index in [1.807, 2.05) is 6.07 Å². The number of nitrogens with one attached hydrogen (secondary N) is 2. The van der Waals surface area contributed by atoms with Crippen LogP contribution in [0.5, 0.6) is 0 Å². The SMILES string of the molecule is C[C@H]1CN(C2CCC(CCCNS(C)(=O)=O)(C(=O)NCc3cc(C(F)(F)F)cc(C(F)(F)F)c3)C2)CC[C@@]12C=Cc1ccccc12. The molecule has 46 heavy (non-hydrogen) atoms. The van der Waals surface area contributed by atoms with Gasteiger partial charge >= 0.3 is 12.4 Å². The third-order valence-electron chi connectivity index (χ3n) is 10.1. The largest absolute Gasteiger partial charge is 0.416 e. The zero-order valence-electron chi connectivity index (χ0n) is 25.8. The van der Waals surface area contributed by atoms with Gasteiger partial charge in [-0.2, -0.15) is 26.3 Å². The second-order valence-electron chi connectivity index (χ2n) is 13.2. The highest BCUT2D eigenvalue weighted by Crippen LogP contribution is 2.50. The number of alkyl halides is 6. The summed E-state index contributed by atoms with van der Waals surface area (Å²) in [7, 11) is -3.45. The van der Waals surface area contributed by atoms with Crippen molar-refractivity contribution in [1.82, 2.24) is 14.9 Å². The molecule has 13 heteroatoms. The Morgan fingerprint density at radius 2 is 1.70 bits per heavy atom. The number of rotatable bonds is 9. The highest BCUT2D eigenvalue weighted by atomic mass is 32.2. The standard InChI is InChI=1S/C33H39F6N3O3S/c1-22-21-42(15-13-31(22)12-8-24-6-3-4-7-28(24)31)27-9-11-30(19-27,10-5-14-41-46(2,44)45)29(43)40-20-23-16-25(32(34,35)36)18-26(17-23)33(37,38)39/h3-4,6-8,12,16-18,22,27,41H,5,9-11,13-15,19-21H2,1-2H3,(H,40,43)/t22-,27?,30?,31-/m0/s1. The summed E-state index contributed by atoms with van der Waals surface area (Å²) in [6.45, 7) is 3.45. The van der Waals surface area contributed by atoms with Crippen LogP contribution in [-0.4, -0.2) is 51.2 Å². The van der Waals surface area contributed by atoms with Crippen LogP contribution in [0.15, 0.2) is 48.5 Å². The monoisotopic (exact) mass is 671 g/mol. The molecule has 2 N–H and O–H groups in total. The molecule has 2 aromatic rings. The Morgan fingerprint density at radius 1 is 1.02 bits per heavy atom. The predicted octanol–water partition coefficient (Wildman–Crippen LogP) is 6.52. The zero-order chi connectivity index (χ0) is 33.5. The van der Waals surface area contributed by atoms with Gasteiger partial charge in [-0.15, -0.1) is 0 Å². The maximum Gasteiger partial charge on any atom is 0.416 e. The van der Waals surface area contributed by atoms with Crippen LogP contribution in [0.4, 0.5) is 26.3 Å². The van der Waals surface area contributed by atoms with Crippen molar-refractivity contribution in [3.8, 4) is 0 Å². The van der Waals surface area contributed by atoms with Gasteiger partial charge in [0.05, 0.1) is 22.8 Å². The molecule has 2 aliphatic carbocycles. The number of benzene rings is 2. The van der Waals surface area contributed by atoms with Gasteiger partial charge in [0.15, 0.2) is 0 Å². The topological polar surface area (TPSA) is 78.5 Å². The molecule has 3 aliphatic rings. The molecule has 1 spiro atoms. The molecule has 5 rings (SSSR count). The van der Waals surface area contributed by atoms with Crippen LogP contribution >= 0.6 is 0 Å². The van der Waals surface area contributed by atoms with Gasteiger partial charge in [-0.1, -0.05) is 43.3 Å². The fourth-order valence-corrected chi connectivity index (χ4v) is 8.20. The molecular formula is C33H39F6N3O3S. The quantitative estimate of drug-likeness (QED) is 0.235. The smallest absolute Gasteiger partial charge is 0.352 e. The third-order valence-corrected chi connectivity index (χ3v) is 10.8. The Balaban J connectivity index is 1.31. The number of halogens is 6. The minimum Gasteiger partial charge on any atom is -0.352 e. The second kappa shape index (κ2) is 12.6. The number of nitrogens with zero attached hydrogens (tertiary/aromatic N) is 1. The third kappa shape index (κ3) is 7.31. The van der Waals surface area contributed by atoms with Gasteiger partial charge in [-0.25, -0.2) is 13.1 Å². The van der Waals surface area contributed by atoms with E-state index in [9.17, 15) is 39.6 Å². The number of likely N-dealkylation sites (tertiary alicyclic amines) is 1. The van der Waals surface area contributed by atoms with E-state index in [0.717, 1.165) is 25.8 Å². The van der Waals surface area contributed by atoms with Gasteiger partial charge in [0.2, 0.25) is 15.9 Å². The van der Waals surface area contributed by atoms with Crippen molar-refractivity contribution >= 4 is 22.0 Å². The summed E-state index contributed by atoms with van der Waals surface area (Å²) in [5.41, 5.74) is -1.64. The van der Waals surface area contributed by atoms with E-state index >= 15 is 0 Å². The molecule has 0 bridgehead atoms. The average Bonchev–Trinajstić information content (AvgIpc) is 3.58. The van der Waals surface area contributed by atoms with Crippen LogP contribution in [0, 0.1) is 11.3 Å². The molecule has 4 atom stereocenters. The van der Waals surface area contributed by atoms with Gasteiger partial charge in [0, 0.05) is 31.1 Å². The van der Waals surface area contributed by atoms with Gasteiger partial charge in [0.1, 0.15) is 0 Å². The Hall–Kier alpha value is -2.90. The average molecular weight is 672 g/mol. The van der Waals surface area contributed by atoms with Crippen molar-refractivity contribution in [2.45, 2.75) is 75.8 Å². The predicted molar refractivity (Wildman–Crippen MR) is 163 cm³/mol. The Kier molecular flexibility index (Phi) is 9.44. The molecule has 1 saturated heterocycles. The fourth-order valence-electron chi connectivity index (χ4n) is 7.69. The van der Waals surface area contributed by atoms with Crippen molar-refractivity contribution in [2.24, 2.45) is 11.3 Å². The lowest BCUT2D eigenvalue weighted by Gasteiger charge is -2.46. The molecule has 252 valence electrons. The molecule has 1 saturated carbocycles. The highest BCUT2D eigenvalue weighted by molar-refractivity contribution is 7.88. The summed E-state index contributed by atoms with van der Waals surface area (Å²) in [5, 5.41) is 2.64. The summed E-state index contributed by atoms with van der Waals surface area (Å²) in [5.74, 6) is -0.151. The Morgan fingerprint density at radius 3 is 2.33 bits per heavy atom. The maximum absolute atomic E-state index is 13.8. The Bertz CT molecular complexity index is 1560. The first-order valence-electron chi connectivity index (χ1n) is 15.5. The number of fused-ring (bicyclic) bond motifs is 2. The van der Waals surface area contributed by atoms with Gasteiger partial charge in [0.25, 0.3) is 0 Å². The lowest BCUT2D eigenvalue weighted by molar-refractivity contribution is -0.143. The van der Waals surface area contributed by atoms with E-state index in [1.165, 1.54) is 11.1 Å². The molecule has 2 aromatic carbocycles. The normalized spacial score (nSPS) is 26.9. The van der Waals surface area contributed by atoms with E-state index < -0.39 is 51.4 Å². The van der Waals surface area contributed by atoms with E-state index in [2.05, 4.69) is 52.2 Å². The Labute approximate surface area is 265 Å². The summed E-state index contributed by atoms with van der Waals surface area (Å²) in [6, 6.07) is 9.74. The molecule has 6 nitrogen and oxygen atoms in total. The van der Waals surface area contributed by atoms with E-state index in [-0.39, 0.29) is 29.6 Å². The second-order valence-corrected chi connectivity index (χ2v) is 15.0. The summed E-state index contributed by atoms with van der Waals surface area (Å²) in [6.07, 6.45) is -1.27. The molecular weight excluding hydrogens is 632 g/mol. The number of sulfonamides is 1. The van der Waals surface area contributed by atoms with Crippen molar-refractivity contribution in [3.05, 3.63) is 76.4 Å². The zero-order valence-corrected chi connectivity index (χ0v) is 26.6. The first kappa shape index (κ1) is 34.4. The molecule has 2 unspecified atom stereocenters. The van der Waals surface area contributed by atoms with Crippen LogP contribution in [0.2, 0.25) is 0 Å². The van der Waals surface area contributed by atoms with Crippen molar-refractivity contribution in [3.63, 3.8) is 0 Å². The van der Waals surface area contributed by atoms with E-state index in [0.29, 0.717) is 50.2 Å². The van der Waals surface area contributed by atoms with E-state index in [4.69, 9.17) is 0 Å².